The molecule has 0 bridgehead atoms. The standard InChI is InChI=1S/C44H58N2O9/c1-5-9-25-51-43(50)46(21-6-2)40-29-38(45-53-8-4)36-27-32(16-10-12-22-47)35(18-11-13-23-48)41-37-28-34(54-33-17-14-15-31(26-33)30-49)19-20-39(37)55-44(40,42(36)41)52-24-7-3/h5,7,14-15,17,19-20,26-28,30,32,35,40-42,47-48H,1,3,6,8-13,16,18,21-25,29H2,2,4H3. The Morgan fingerprint density at radius 3 is 2.53 bits per heavy atom. The normalized spacial score (nSPS) is 24.4. The summed E-state index contributed by atoms with van der Waals surface area (Å²) in [5.74, 6) is -0.127. The lowest BCUT2D eigenvalue weighted by atomic mass is 9.55. The molecule has 0 saturated heterocycles. The van der Waals surface area contributed by atoms with Gasteiger partial charge in [0, 0.05) is 43.2 Å². The number of aliphatic hydroxyl groups excluding tert-OH is 2. The van der Waals surface area contributed by atoms with Crippen LogP contribution >= 0.6 is 0 Å². The second kappa shape index (κ2) is 20.5. The van der Waals surface area contributed by atoms with Gasteiger partial charge in [0.05, 0.1) is 24.8 Å². The van der Waals surface area contributed by atoms with E-state index in [2.05, 4.69) is 19.2 Å². The first-order valence-electron chi connectivity index (χ1n) is 19.9. The number of fused-ring (bicyclic) bond motifs is 2. The number of benzene rings is 2. The molecule has 3 aliphatic rings. The number of ether oxygens (including phenoxy) is 4. The van der Waals surface area contributed by atoms with E-state index in [1.165, 1.54) is 0 Å². The van der Waals surface area contributed by atoms with E-state index < -0.39 is 23.8 Å². The van der Waals surface area contributed by atoms with Gasteiger partial charge in [0.15, 0.2) is 0 Å². The monoisotopic (exact) mass is 758 g/mol. The van der Waals surface area contributed by atoms with E-state index in [1.807, 2.05) is 38.1 Å². The van der Waals surface area contributed by atoms with Crippen molar-refractivity contribution in [2.75, 3.05) is 39.6 Å². The van der Waals surface area contributed by atoms with Crippen LogP contribution in [0.15, 0.2) is 84.6 Å². The summed E-state index contributed by atoms with van der Waals surface area (Å²) in [5.41, 5.74) is 3.13. The fourth-order valence-corrected chi connectivity index (χ4v) is 8.57. The van der Waals surface area contributed by atoms with Crippen LogP contribution in [0.2, 0.25) is 0 Å². The van der Waals surface area contributed by atoms with Crippen LogP contribution in [0.25, 0.3) is 0 Å². The van der Waals surface area contributed by atoms with Crippen molar-refractivity contribution in [2.45, 2.75) is 89.4 Å². The van der Waals surface area contributed by atoms with E-state index in [0.717, 1.165) is 48.8 Å². The maximum atomic E-state index is 14.1. The van der Waals surface area contributed by atoms with Crippen LogP contribution < -0.4 is 9.47 Å². The quantitative estimate of drug-likeness (QED) is 0.0525. The fourth-order valence-electron chi connectivity index (χ4n) is 8.57. The number of unbranched alkanes of at least 4 members (excludes halogenated alkanes) is 2. The number of hydrogen-bond acceptors (Lipinski definition) is 10. The predicted molar refractivity (Wildman–Crippen MR) is 212 cm³/mol. The second-order valence-electron chi connectivity index (χ2n) is 14.4. The summed E-state index contributed by atoms with van der Waals surface area (Å²) >= 11 is 0. The molecule has 1 amide bonds. The van der Waals surface area contributed by atoms with Crippen LogP contribution in [-0.2, 0) is 14.3 Å². The molecule has 6 unspecified atom stereocenters. The molecule has 2 aromatic rings. The SMILES string of the molecule is C=CCCOC(=O)N(CCC)C1CC(=NOCC)C2=CC(CCCCO)C(CCCCO)C3c4cc(Oc5cccc(C=O)c5)ccc4OC1(OCC=C)C23. The van der Waals surface area contributed by atoms with Crippen LogP contribution in [-0.4, -0.2) is 84.6 Å². The summed E-state index contributed by atoms with van der Waals surface area (Å²) in [7, 11) is 0. The molecule has 5 rings (SSSR count). The maximum absolute atomic E-state index is 14.1. The van der Waals surface area contributed by atoms with E-state index >= 15 is 0 Å². The van der Waals surface area contributed by atoms with Gasteiger partial charge in [-0.2, -0.15) is 0 Å². The fraction of sp³-hybridized carbons (Fsp3) is 0.523. The minimum atomic E-state index is -1.37. The number of hydrogen-bond donors (Lipinski definition) is 2. The molecular weight excluding hydrogens is 700 g/mol. The summed E-state index contributed by atoms with van der Waals surface area (Å²) < 4.78 is 26.4. The minimum Gasteiger partial charge on any atom is -0.459 e. The Balaban J connectivity index is 1.76. The number of oxime groups is 1. The lowest BCUT2D eigenvalue weighted by Crippen LogP contribution is -2.70. The number of carbonyl (C=O) groups excluding carboxylic acids is 2. The predicted octanol–water partition coefficient (Wildman–Crippen LogP) is 8.37. The molecule has 0 aromatic heterocycles. The molecule has 0 radical (unpaired) electrons. The molecule has 2 N–H and O–H groups in total. The van der Waals surface area contributed by atoms with Gasteiger partial charge in [-0.05, 0) is 93.2 Å². The highest BCUT2D eigenvalue weighted by atomic mass is 16.7. The number of aldehydes is 1. The van der Waals surface area contributed by atoms with Crippen molar-refractivity contribution >= 4 is 18.1 Å². The van der Waals surface area contributed by atoms with Crippen molar-refractivity contribution in [3.63, 3.8) is 0 Å². The molecular formula is C44H58N2O9. The Labute approximate surface area is 325 Å². The van der Waals surface area contributed by atoms with Gasteiger partial charge < -0.3 is 34.0 Å². The first-order valence-corrected chi connectivity index (χ1v) is 19.9. The summed E-state index contributed by atoms with van der Waals surface area (Å²) in [6.45, 7) is 13.0. The van der Waals surface area contributed by atoms with E-state index in [-0.39, 0.29) is 44.2 Å². The van der Waals surface area contributed by atoms with Gasteiger partial charge in [-0.1, -0.05) is 55.3 Å². The molecule has 2 aromatic carbocycles. The topological polar surface area (TPSA) is 136 Å². The van der Waals surface area contributed by atoms with E-state index in [4.69, 9.17) is 28.9 Å². The van der Waals surface area contributed by atoms with Gasteiger partial charge in [0.2, 0.25) is 5.79 Å². The Hall–Kier alpha value is -4.45. The summed E-state index contributed by atoms with van der Waals surface area (Å²) in [6.07, 6.45) is 12.2. The molecule has 1 heterocycles. The summed E-state index contributed by atoms with van der Waals surface area (Å²) in [6, 6.07) is 12.1. The zero-order chi connectivity index (χ0) is 39.2. The Morgan fingerprint density at radius 1 is 1.04 bits per heavy atom. The third-order valence-electron chi connectivity index (χ3n) is 10.8. The van der Waals surface area contributed by atoms with Crippen LogP contribution in [0, 0.1) is 17.8 Å². The van der Waals surface area contributed by atoms with Gasteiger partial charge in [0.1, 0.15) is 36.2 Å². The highest BCUT2D eigenvalue weighted by molar-refractivity contribution is 6.03. The van der Waals surface area contributed by atoms with Crippen molar-refractivity contribution in [1.82, 2.24) is 4.90 Å². The largest absolute Gasteiger partial charge is 0.459 e. The zero-order valence-corrected chi connectivity index (χ0v) is 32.4. The molecule has 11 heteroatoms. The van der Waals surface area contributed by atoms with Gasteiger partial charge in [-0.15, -0.1) is 13.2 Å². The van der Waals surface area contributed by atoms with Crippen LogP contribution in [0.5, 0.6) is 17.2 Å². The lowest BCUT2D eigenvalue weighted by Gasteiger charge is -2.59. The number of nitrogens with zero attached hydrogens (tertiary/aromatic N) is 2. The third-order valence-corrected chi connectivity index (χ3v) is 10.8. The van der Waals surface area contributed by atoms with Gasteiger partial charge in [-0.3, -0.25) is 9.69 Å². The molecule has 298 valence electrons. The van der Waals surface area contributed by atoms with Gasteiger partial charge in [0.25, 0.3) is 0 Å². The lowest BCUT2D eigenvalue weighted by molar-refractivity contribution is -0.255. The summed E-state index contributed by atoms with van der Waals surface area (Å²) in [5, 5.41) is 24.4. The third kappa shape index (κ3) is 9.51. The average Bonchev–Trinajstić information content (AvgIpc) is 3.20. The Kier molecular flexibility index (Phi) is 15.5. The van der Waals surface area contributed by atoms with Gasteiger partial charge in [-0.25, -0.2) is 4.79 Å². The highest BCUT2D eigenvalue weighted by Crippen LogP contribution is 2.62. The molecule has 6 atom stereocenters. The van der Waals surface area contributed by atoms with Gasteiger partial charge >= 0.3 is 6.09 Å². The molecule has 1 fully saturated rings. The molecule has 11 nitrogen and oxygen atoms in total. The van der Waals surface area contributed by atoms with Crippen molar-refractivity contribution in [3.8, 4) is 17.2 Å². The van der Waals surface area contributed by atoms with Crippen molar-refractivity contribution in [3.05, 3.63) is 90.6 Å². The number of allylic oxidation sites excluding steroid dienone is 1. The van der Waals surface area contributed by atoms with E-state index in [9.17, 15) is 19.8 Å². The van der Waals surface area contributed by atoms with Crippen LogP contribution in [0.4, 0.5) is 4.79 Å². The molecule has 1 aliphatic heterocycles. The Morgan fingerprint density at radius 2 is 1.82 bits per heavy atom. The number of carbonyl (C=O) groups is 2. The van der Waals surface area contributed by atoms with Crippen LogP contribution in [0.1, 0.15) is 93.5 Å². The van der Waals surface area contributed by atoms with Crippen molar-refractivity contribution in [1.29, 1.82) is 0 Å². The van der Waals surface area contributed by atoms with Crippen molar-refractivity contribution in [2.24, 2.45) is 22.9 Å². The summed E-state index contributed by atoms with van der Waals surface area (Å²) in [4.78, 5) is 33.2. The number of rotatable bonds is 22. The number of aliphatic hydroxyl groups is 2. The van der Waals surface area contributed by atoms with Crippen LogP contribution in [0.3, 0.4) is 0 Å². The van der Waals surface area contributed by atoms with E-state index in [1.54, 1.807) is 35.3 Å². The zero-order valence-electron chi connectivity index (χ0n) is 32.4. The maximum Gasteiger partial charge on any atom is 0.410 e. The van der Waals surface area contributed by atoms with Crippen molar-refractivity contribution < 1.29 is 43.6 Å². The second-order valence-corrected chi connectivity index (χ2v) is 14.4. The molecule has 0 spiro atoms. The minimum absolute atomic E-state index is 0.0632. The average molecular weight is 759 g/mol. The van der Waals surface area contributed by atoms with E-state index in [0.29, 0.717) is 68.1 Å². The molecule has 55 heavy (non-hydrogen) atoms. The first-order chi connectivity index (χ1) is 26.9. The Bertz CT molecular complexity index is 1670. The first kappa shape index (κ1) is 41.7. The molecule has 2 aliphatic carbocycles. The smallest absolute Gasteiger partial charge is 0.410 e. The highest BCUT2D eigenvalue weighted by Gasteiger charge is 2.65. The number of amides is 1. The molecule has 1 saturated carbocycles.